The molecule has 10 heteroatoms. The van der Waals surface area contributed by atoms with Crippen molar-refractivity contribution in [2.24, 2.45) is 5.92 Å². The molecule has 0 saturated carbocycles. The van der Waals surface area contributed by atoms with Crippen molar-refractivity contribution in [1.82, 2.24) is 24.7 Å². The molecule has 2 aliphatic heterocycles. The van der Waals surface area contributed by atoms with E-state index in [0.29, 0.717) is 38.3 Å². The van der Waals surface area contributed by atoms with Gasteiger partial charge in [0.05, 0.1) is 22.2 Å². The van der Waals surface area contributed by atoms with Crippen LogP contribution in [-0.2, 0) is 17.9 Å². The standard InChI is InChI=1S/C21H24ClF2N5O2/c1-25-20(30)12-4-7-28(10-12)21(31)18-17-11-27(2)5-3-6-29(17)19(26-18)13-8-14(22)16(24)9-15(13)23/h8-9,12H,3-7,10-11H2,1-2H3,(H,25,30)/t12-/m1/s1. The number of rotatable bonds is 3. The number of nitrogens with one attached hydrogen (secondary N) is 1. The van der Waals surface area contributed by atoms with Gasteiger partial charge < -0.3 is 19.7 Å². The number of benzene rings is 1. The first-order valence-electron chi connectivity index (χ1n) is 10.2. The number of likely N-dealkylation sites (tertiary alicyclic amines) is 1. The Labute approximate surface area is 184 Å². The molecule has 0 spiro atoms. The number of carbonyl (C=O) groups excluding carboxylic acids is 2. The fraction of sp³-hybridized carbons (Fsp3) is 0.476. The van der Waals surface area contributed by atoms with Gasteiger partial charge >= 0.3 is 0 Å². The summed E-state index contributed by atoms with van der Waals surface area (Å²) in [6, 6.07) is 1.94. The van der Waals surface area contributed by atoms with E-state index in [1.54, 1.807) is 11.9 Å². The third-order valence-corrected chi connectivity index (χ3v) is 6.25. The summed E-state index contributed by atoms with van der Waals surface area (Å²) >= 11 is 5.91. The topological polar surface area (TPSA) is 70.5 Å². The SMILES string of the molecule is CNC(=O)[C@@H]1CCN(C(=O)c2nc(-c3cc(Cl)c(F)cc3F)n3c2CN(C)CCC3)C1. The van der Waals surface area contributed by atoms with Crippen LogP contribution >= 0.6 is 11.6 Å². The van der Waals surface area contributed by atoms with E-state index in [0.717, 1.165) is 19.0 Å². The smallest absolute Gasteiger partial charge is 0.274 e. The Hall–Kier alpha value is -2.52. The number of hydrogen-bond donors (Lipinski definition) is 1. The second kappa shape index (κ2) is 8.55. The molecular weight excluding hydrogens is 428 g/mol. The highest BCUT2D eigenvalue weighted by Crippen LogP contribution is 2.32. The lowest BCUT2D eigenvalue weighted by Gasteiger charge is -2.17. The largest absolute Gasteiger partial charge is 0.359 e. The van der Waals surface area contributed by atoms with Crippen molar-refractivity contribution >= 4 is 23.4 Å². The predicted octanol–water partition coefficient (Wildman–Crippen LogP) is 2.53. The second-order valence-electron chi connectivity index (χ2n) is 8.07. The molecule has 166 valence electrons. The molecule has 3 heterocycles. The summed E-state index contributed by atoms with van der Waals surface area (Å²) in [5, 5.41) is 2.42. The van der Waals surface area contributed by atoms with Gasteiger partial charge in [-0.1, -0.05) is 11.6 Å². The first-order chi connectivity index (χ1) is 14.8. The minimum absolute atomic E-state index is 0.0564. The monoisotopic (exact) mass is 451 g/mol. The van der Waals surface area contributed by atoms with E-state index in [4.69, 9.17) is 11.6 Å². The van der Waals surface area contributed by atoms with Crippen molar-refractivity contribution < 1.29 is 18.4 Å². The first kappa shape index (κ1) is 21.7. The van der Waals surface area contributed by atoms with Gasteiger partial charge in [-0.25, -0.2) is 13.8 Å². The highest BCUT2D eigenvalue weighted by Gasteiger charge is 2.35. The van der Waals surface area contributed by atoms with Crippen LogP contribution in [0.25, 0.3) is 11.4 Å². The third-order valence-electron chi connectivity index (χ3n) is 5.96. The fourth-order valence-electron chi connectivity index (χ4n) is 4.30. The Morgan fingerprint density at radius 2 is 1.97 bits per heavy atom. The second-order valence-corrected chi connectivity index (χ2v) is 8.48. The minimum atomic E-state index is -0.848. The van der Waals surface area contributed by atoms with Crippen LogP contribution in [-0.4, -0.2) is 64.9 Å². The van der Waals surface area contributed by atoms with Gasteiger partial charge in [-0.2, -0.15) is 0 Å². The number of aromatic nitrogens is 2. The maximum atomic E-state index is 14.7. The molecule has 4 rings (SSSR count). The van der Waals surface area contributed by atoms with E-state index in [2.05, 4.69) is 15.2 Å². The summed E-state index contributed by atoms with van der Waals surface area (Å²) in [4.78, 5) is 33.6. The van der Waals surface area contributed by atoms with E-state index >= 15 is 0 Å². The quantitative estimate of drug-likeness (QED) is 0.728. The third kappa shape index (κ3) is 4.04. The molecule has 1 aromatic carbocycles. The number of halogens is 3. The molecule has 0 unspecified atom stereocenters. The molecule has 1 atom stereocenters. The van der Waals surface area contributed by atoms with Crippen LogP contribution in [0.1, 0.15) is 29.0 Å². The molecule has 1 N–H and O–H groups in total. The first-order valence-corrected chi connectivity index (χ1v) is 10.6. The fourth-order valence-corrected chi connectivity index (χ4v) is 4.47. The van der Waals surface area contributed by atoms with Crippen LogP contribution in [0.3, 0.4) is 0 Å². The molecule has 0 bridgehead atoms. The zero-order valence-corrected chi connectivity index (χ0v) is 18.2. The lowest BCUT2D eigenvalue weighted by molar-refractivity contribution is -0.124. The van der Waals surface area contributed by atoms with Crippen LogP contribution in [0.5, 0.6) is 0 Å². The van der Waals surface area contributed by atoms with Crippen molar-refractivity contribution in [3.05, 3.63) is 40.2 Å². The molecule has 0 aliphatic carbocycles. The van der Waals surface area contributed by atoms with E-state index in [-0.39, 0.29) is 39.8 Å². The molecule has 7 nitrogen and oxygen atoms in total. The molecule has 2 amide bonds. The normalized spacial score (nSPS) is 19.3. The molecule has 1 fully saturated rings. The summed E-state index contributed by atoms with van der Waals surface area (Å²) < 4.78 is 30.2. The van der Waals surface area contributed by atoms with Crippen molar-refractivity contribution in [1.29, 1.82) is 0 Å². The maximum Gasteiger partial charge on any atom is 0.274 e. The number of carbonyl (C=O) groups is 2. The van der Waals surface area contributed by atoms with Gasteiger partial charge in [0.25, 0.3) is 5.91 Å². The summed E-state index contributed by atoms with van der Waals surface area (Å²) in [6.45, 7) is 2.59. The number of imidazole rings is 1. The number of nitrogens with zero attached hydrogens (tertiary/aromatic N) is 4. The van der Waals surface area contributed by atoms with E-state index < -0.39 is 11.6 Å². The summed E-state index contributed by atoms with van der Waals surface area (Å²) in [6.07, 6.45) is 1.37. The van der Waals surface area contributed by atoms with Crippen molar-refractivity contribution in [3.8, 4) is 11.4 Å². The predicted molar refractivity (Wildman–Crippen MR) is 112 cm³/mol. The van der Waals surface area contributed by atoms with E-state index in [9.17, 15) is 18.4 Å². The Kier molecular flexibility index (Phi) is 5.98. The van der Waals surface area contributed by atoms with Crippen molar-refractivity contribution in [2.45, 2.75) is 25.9 Å². The van der Waals surface area contributed by atoms with Gasteiger partial charge in [0, 0.05) is 39.3 Å². The highest BCUT2D eigenvalue weighted by atomic mass is 35.5. The van der Waals surface area contributed by atoms with Crippen LogP contribution in [0.15, 0.2) is 12.1 Å². The molecular formula is C21H24ClF2N5O2. The number of fused-ring (bicyclic) bond motifs is 1. The maximum absolute atomic E-state index is 14.7. The van der Waals surface area contributed by atoms with E-state index in [1.807, 2.05) is 11.6 Å². The molecule has 0 radical (unpaired) electrons. The Morgan fingerprint density at radius 3 is 2.71 bits per heavy atom. The van der Waals surface area contributed by atoms with Crippen molar-refractivity contribution in [2.75, 3.05) is 33.7 Å². The zero-order valence-electron chi connectivity index (χ0n) is 17.4. The molecule has 1 aromatic heterocycles. The van der Waals surface area contributed by atoms with Crippen LogP contribution < -0.4 is 5.32 Å². The summed E-state index contributed by atoms with van der Waals surface area (Å²) in [5.74, 6) is -2.01. The molecule has 31 heavy (non-hydrogen) atoms. The van der Waals surface area contributed by atoms with Crippen LogP contribution in [0.4, 0.5) is 8.78 Å². The van der Waals surface area contributed by atoms with Gasteiger partial charge in [0.15, 0.2) is 5.69 Å². The highest BCUT2D eigenvalue weighted by molar-refractivity contribution is 6.31. The molecule has 2 aliphatic rings. The summed E-state index contributed by atoms with van der Waals surface area (Å²) in [7, 11) is 3.52. The number of hydrogen-bond acceptors (Lipinski definition) is 4. The average molecular weight is 452 g/mol. The summed E-state index contributed by atoms with van der Waals surface area (Å²) in [5.41, 5.74) is 0.977. The Balaban J connectivity index is 1.76. The van der Waals surface area contributed by atoms with Gasteiger partial charge in [-0.15, -0.1) is 0 Å². The Morgan fingerprint density at radius 1 is 1.19 bits per heavy atom. The molecule has 1 saturated heterocycles. The van der Waals surface area contributed by atoms with Gasteiger partial charge in [0.2, 0.25) is 5.91 Å². The van der Waals surface area contributed by atoms with Crippen LogP contribution in [0.2, 0.25) is 5.02 Å². The van der Waals surface area contributed by atoms with Gasteiger partial charge in [-0.3, -0.25) is 9.59 Å². The lowest BCUT2D eigenvalue weighted by Crippen LogP contribution is -2.34. The van der Waals surface area contributed by atoms with Crippen molar-refractivity contribution in [3.63, 3.8) is 0 Å². The number of amides is 2. The van der Waals surface area contributed by atoms with Gasteiger partial charge in [0.1, 0.15) is 17.5 Å². The molecule has 2 aromatic rings. The van der Waals surface area contributed by atoms with Crippen LogP contribution in [0, 0.1) is 17.6 Å². The lowest BCUT2D eigenvalue weighted by atomic mass is 10.1. The minimum Gasteiger partial charge on any atom is -0.359 e. The van der Waals surface area contributed by atoms with E-state index in [1.165, 1.54) is 6.07 Å². The average Bonchev–Trinajstić information content (AvgIpc) is 3.31. The Bertz CT molecular complexity index is 1040. The van der Waals surface area contributed by atoms with Gasteiger partial charge in [-0.05, 0) is 32.5 Å². The zero-order chi connectivity index (χ0) is 22.3.